The molecule has 0 saturated carbocycles. The maximum absolute atomic E-state index is 10.1. The molecule has 0 saturated heterocycles. The summed E-state index contributed by atoms with van der Waals surface area (Å²) in [6, 6.07) is -0.798. The number of hydrogen-bond acceptors (Lipinski definition) is 4. The van der Waals surface area contributed by atoms with Crippen LogP contribution in [0.2, 0.25) is 0 Å². The minimum Gasteiger partial charge on any atom is -0.336 e. The number of H-pyrrole nitrogens is 1. The number of carbonyl (C=O) groups excluding carboxylic acids is 1. The van der Waals surface area contributed by atoms with Crippen molar-refractivity contribution in [2.75, 3.05) is 6.54 Å². The third-order valence-corrected chi connectivity index (χ3v) is 1.02. The van der Waals surface area contributed by atoms with Crippen LogP contribution in [0, 0.1) is 0 Å². The molecule has 7 heteroatoms. The molecular weight excluding hydrogens is 148 g/mol. The van der Waals surface area contributed by atoms with Crippen molar-refractivity contribution in [3.05, 3.63) is 5.82 Å². The van der Waals surface area contributed by atoms with Crippen LogP contribution in [0.3, 0.4) is 0 Å². The van der Waals surface area contributed by atoms with Crippen molar-refractivity contribution >= 4 is 6.03 Å². The molecule has 0 aromatic carbocycles. The topological polar surface area (TPSA) is 107 Å². The summed E-state index contributed by atoms with van der Waals surface area (Å²) in [5.74, 6) is 0.527. The van der Waals surface area contributed by atoms with Crippen molar-refractivity contribution < 1.29 is 4.79 Å². The van der Waals surface area contributed by atoms with E-state index in [-0.39, 0.29) is 0 Å². The number of nitrogens with one attached hydrogen (secondary N) is 3. The van der Waals surface area contributed by atoms with Gasteiger partial charge in [0.15, 0.2) is 5.82 Å². The van der Waals surface area contributed by atoms with E-state index in [2.05, 4.69) is 25.9 Å². The molecule has 1 aromatic heterocycles. The van der Waals surface area contributed by atoms with Crippen LogP contribution >= 0.6 is 0 Å². The van der Waals surface area contributed by atoms with Gasteiger partial charge in [-0.25, -0.2) is 10.5 Å². The van der Waals surface area contributed by atoms with Crippen LogP contribution in [-0.2, 0) is 6.42 Å². The first-order valence-corrected chi connectivity index (χ1v) is 3.01. The standard InChI is InChI=1S/C4H7N6O/c5-4(11)6-2-1-3-7-9-10-8-3/h5H,1-2H2,(H,6,11)(H,7,8,9,10). The Morgan fingerprint density at radius 1 is 1.73 bits per heavy atom. The SMILES string of the molecule is [NH]C(=O)NCCc1nn[nH]n1. The number of nitrogens with zero attached hydrogens (tertiary/aromatic N) is 3. The minimum atomic E-state index is -0.798. The largest absolute Gasteiger partial charge is 0.336 e. The Bertz CT molecular complexity index is 218. The quantitative estimate of drug-likeness (QED) is 0.567. The van der Waals surface area contributed by atoms with E-state index >= 15 is 0 Å². The van der Waals surface area contributed by atoms with Crippen LogP contribution in [-0.4, -0.2) is 33.2 Å². The summed E-state index contributed by atoms with van der Waals surface area (Å²) in [6.45, 7) is 0.363. The Labute approximate surface area is 62.4 Å². The van der Waals surface area contributed by atoms with Gasteiger partial charge in [0.25, 0.3) is 0 Å². The maximum atomic E-state index is 10.1. The Kier molecular flexibility index (Phi) is 2.37. The van der Waals surface area contributed by atoms with E-state index in [1.165, 1.54) is 0 Å². The molecular formula is C4H7N6O. The molecule has 1 heterocycles. The molecule has 0 unspecified atom stereocenters. The van der Waals surface area contributed by atoms with Gasteiger partial charge in [-0.15, -0.1) is 10.2 Å². The highest BCUT2D eigenvalue weighted by atomic mass is 16.2. The zero-order valence-corrected chi connectivity index (χ0v) is 5.66. The first-order valence-electron chi connectivity index (χ1n) is 3.01. The summed E-state index contributed by atoms with van der Waals surface area (Å²) in [5, 5.41) is 15.2. The molecule has 2 amide bonds. The van der Waals surface area contributed by atoms with Crippen molar-refractivity contribution in [3.63, 3.8) is 0 Å². The summed E-state index contributed by atoms with van der Waals surface area (Å²) in [7, 11) is 0. The van der Waals surface area contributed by atoms with Crippen molar-refractivity contribution in [1.29, 1.82) is 0 Å². The zero-order chi connectivity index (χ0) is 8.10. The lowest BCUT2D eigenvalue weighted by atomic mass is 10.4. The highest BCUT2D eigenvalue weighted by Crippen LogP contribution is 1.82. The second kappa shape index (κ2) is 3.49. The van der Waals surface area contributed by atoms with Gasteiger partial charge in [-0.2, -0.15) is 5.21 Å². The monoisotopic (exact) mass is 155 g/mol. The number of tetrazole rings is 1. The third-order valence-electron chi connectivity index (χ3n) is 1.02. The Balaban J connectivity index is 2.19. The maximum Gasteiger partial charge on any atom is 0.333 e. The van der Waals surface area contributed by atoms with Gasteiger partial charge in [0, 0.05) is 13.0 Å². The highest BCUT2D eigenvalue weighted by Gasteiger charge is 1.97. The summed E-state index contributed by atoms with van der Waals surface area (Å²) in [4.78, 5) is 10.1. The summed E-state index contributed by atoms with van der Waals surface area (Å²) in [6.07, 6.45) is 0.487. The van der Waals surface area contributed by atoms with Gasteiger partial charge in [0.05, 0.1) is 0 Å². The minimum absolute atomic E-state index is 0.363. The lowest BCUT2D eigenvalue weighted by Crippen LogP contribution is -2.24. The van der Waals surface area contributed by atoms with Gasteiger partial charge in [0.1, 0.15) is 0 Å². The van der Waals surface area contributed by atoms with Gasteiger partial charge in [0.2, 0.25) is 0 Å². The first-order chi connectivity index (χ1) is 5.29. The third kappa shape index (κ3) is 2.61. The van der Waals surface area contributed by atoms with E-state index in [4.69, 9.17) is 5.73 Å². The average molecular weight is 155 g/mol. The van der Waals surface area contributed by atoms with Crippen LogP contribution in [0.15, 0.2) is 0 Å². The predicted molar refractivity (Wildman–Crippen MR) is 34.4 cm³/mol. The lowest BCUT2D eigenvalue weighted by molar-refractivity contribution is 0.248. The lowest BCUT2D eigenvalue weighted by Gasteiger charge is -1.94. The van der Waals surface area contributed by atoms with Crippen molar-refractivity contribution in [2.24, 2.45) is 0 Å². The number of hydrogen-bond donors (Lipinski definition) is 2. The molecule has 0 bridgehead atoms. The molecule has 3 N–H and O–H groups in total. The molecule has 59 valence electrons. The predicted octanol–water partition coefficient (Wildman–Crippen LogP) is -1.27. The van der Waals surface area contributed by atoms with Crippen LogP contribution in [0.1, 0.15) is 5.82 Å². The number of aromatic amines is 1. The molecule has 7 nitrogen and oxygen atoms in total. The van der Waals surface area contributed by atoms with Gasteiger partial charge in [-0.1, -0.05) is 5.21 Å². The van der Waals surface area contributed by atoms with Gasteiger partial charge in [-0.05, 0) is 0 Å². The van der Waals surface area contributed by atoms with Gasteiger partial charge < -0.3 is 5.32 Å². The van der Waals surface area contributed by atoms with Gasteiger partial charge in [-0.3, -0.25) is 0 Å². The van der Waals surface area contributed by atoms with E-state index in [1.807, 2.05) is 0 Å². The molecule has 0 aliphatic rings. The first kappa shape index (κ1) is 7.45. The molecule has 0 aliphatic heterocycles. The van der Waals surface area contributed by atoms with Crippen molar-refractivity contribution in [1.82, 2.24) is 31.7 Å². The number of rotatable bonds is 3. The van der Waals surface area contributed by atoms with Crippen LogP contribution in [0.4, 0.5) is 4.79 Å². The second-order valence-corrected chi connectivity index (χ2v) is 1.83. The molecule has 11 heavy (non-hydrogen) atoms. The fourth-order valence-electron chi connectivity index (χ4n) is 0.576. The number of aromatic nitrogens is 4. The van der Waals surface area contributed by atoms with Crippen molar-refractivity contribution in [2.45, 2.75) is 6.42 Å². The Morgan fingerprint density at radius 3 is 3.09 bits per heavy atom. The summed E-state index contributed by atoms with van der Waals surface area (Å²) >= 11 is 0. The number of urea groups is 1. The number of amides is 2. The summed E-state index contributed by atoms with van der Waals surface area (Å²) < 4.78 is 0. The van der Waals surface area contributed by atoms with E-state index in [0.717, 1.165) is 0 Å². The van der Waals surface area contributed by atoms with Crippen LogP contribution in [0.25, 0.3) is 0 Å². The average Bonchev–Trinajstić information content (AvgIpc) is 2.39. The second-order valence-electron chi connectivity index (χ2n) is 1.83. The summed E-state index contributed by atoms with van der Waals surface area (Å²) in [5.41, 5.74) is 6.49. The van der Waals surface area contributed by atoms with E-state index in [1.54, 1.807) is 0 Å². The Morgan fingerprint density at radius 2 is 2.55 bits per heavy atom. The van der Waals surface area contributed by atoms with Crippen LogP contribution < -0.4 is 11.1 Å². The molecule has 1 rings (SSSR count). The van der Waals surface area contributed by atoms with Crippen LogP contribution in [0.5, 0.6) is 0 Å². The smallest absolute Gasteiger partial charge is 0.333 e. The zero-order valence-electron chi connectivity index (χ0n) is 5.66. The molecule has 1 aromatic rings. The van der Waals surface area contributed by atoms with E-state index in [9.17, 15) is 4.79 Å². The van der Waals surface area contributed by atoms with E-state index < -0.39 is 6.03 Å². The molecule has 0 fully saturated rings. The fraction of sp³-hybridized carbons (Fsp3) is 0.500. The fourth-order valence-corrected chi connectivity index (χ4v) is 0.576. The molecule has 0 aliphatic carbocycles. The number of carbonyl (C=O) groups is 1. The van der Waals surface area contributed by atoms with E-state index in [0.29, 0.717) is 18.8 Å². The normalized spacial score (nSPS) is 9.45. The molecule has 0 atom stereocenters. The molecule has 0 spiro atoms. The molecule has 1 radical (unpaired) electrons. The van der Waals surface area contributed by atoms with Gasteiger partial charge >= 0.3 is 6.03 Å². The van der Waals surface area contributed by atoms with Crippen molar-refractivity contribution in [3.8, 4) is 0 Å². The highest BCUT2D eigenvalue weighted by molar-refractivity contribution is 5.70. The Hall–Kier alpha value is -1.66.